The van der Waals surface area contributed by atoms with Crippen LogP contribution in [0.1, 0.15) is 119 Å². The summed E-state index contributed by atoms with van der Waals surface area (Å²) in [5, 5.41) is 21.4. The maximum Gasteiger partial charge on any atom is 0.309 e. The van der Waals surface area contributed by atoms with Crippen LogP contribution in [0.2, 0.25) is 0 Å². The van der Waals surface area contributed by atoms with Gasteiger partial charge in [0, 0.05) is 0 Å². The lowest BCUT2D eigenvalue weighted by molar-refractivity contribution is -0.255. The van der Waals surface area contributed by atoms with E-state index in [1.54, 1.807) is 0 Å². The third kappa shape index (κ3) is 2.93. The Kier molecular flexibility index (Phi) is 5.13. The van der Waals surface area contributed by atoms with Crippen molar-refractivity contribution in [2.45, 2.75) is 125 Å². The van der Waals surface area contributed by atoms with Gasteiger partial charge in [-0.3, -0.25) is 4.79 Å². The van der Waals surface area contributed by atoms with Crippen molar-refractivity contribution in [1.29, 1.82) is 0 Å². The van der Waals surface area contributed by atoms with Crippen LogP contribution < -0.4 is 0 Å². The molecule has 33 heavy (non-hydrogen) atoms. The van der Waals surface area contributed by atoms with E-state index in [0.29, 0.717) is 23.7 Å². The van der Waals surface area contributed by atoms with Gasteiger partial charge >= 0.3 is 5.97 Å². The molecule has 0 aromatic heterocycles. The second-order valence-corrected chi connectivity index (χ2v) is 15.5. The average molecular weight is 459 g/mol. The van der Waals surface area contributed by atoms with Crippen molar-refractivity contribution in [3.8, 4) is 0 Å². The molecule has 5 fully saturated rings. The first kappa shape index (κ1) is 24.1. The molecule has 0 amide bonds. The number of aliphatic carboxylic acids is 1. The molecule has 0 aliphatic heterocycles. The molecule has 0 aromatic carbocycles. The minimum absolute atomic E-state index is 0.00942. The van der Waals surface area contributed by atoms with E-state index in [-0.39, 0.29) is 33.2 Å². The number of carbonyl (C=O) groups is 1. The molecule has 3 nitrogen and oxygen atoms in total. The fraction of sp³-hybridized carbons (Fsp3) is 0.967. The van der Waals surface area contributed by atoms with Crippen LogP contribution in [0.4, 0.5) is 0 Å². The molecule has 5 aliphatic rings. The fourth-order valence-electron chi connectivity index (χ4n) is 11.4. The number of hydrogen-bond donors (Lipinski definition) is 2. The fourth-order valence-corrected chi connectivity index (χ4v) is 11.4. The minimum atomic E-state index is -0.504. The van der Waals surface area contributed by atoms with Crippen LogP contribution in [-0.2, 0) is 4.79 Å². The molecule has 0 unspecified atom stereocenters. The zero-order valence-electron chi connectivity index (χ0n) is 22.5. The van der Waals surface area contributed by atoms with Crippen LogP contribution in [0.5, 0.6) is 0 Å². The van der Waals surface area contributed by atoms with E-state index < -0.39 is 11.4 Å². The summed E-state index contributed by atoms with van der Waals surface area (Å²) in [5.74, 6) is 1.62. The van der Waals surface area contributed by atoms with E-state index in [1.165, 1.54) is 25.7 Å². The Morgan fingerprint density at radius 3 is 2.03 bits per heavy atom. The van der Waals surface area contributed by atoms with Gasteiger partial charge in [0.25, 0.3) is 0 Å². The topological polar surface area (TPSA) is 57.5 Å². The molecule has 188 valence electrons. The SMILES string of the molecule is CC1(C)CC[C@]2(C(=O)O)CC[C@]3(C)[C@H](CC[C@H]4[C@@]5(C)CC[C@H](O)C(C)(C)[C@@H]5CC[C@]43C)[C@@H]2C1. The number of carboxylic acid groups (broad SMARTS) is 1. The van der Waals surface area contributed by atoms with Crippen molar-refractivity contribution in [2.24, 2.45) is 56.2 Å². The van der Waals surface area contributed by atoms with E-state index in [2.05, 4.69) is 48.5 Å². The van der Waals surface area contributed by atoms with Gasteiger partial charge in [0.2, 0.25) is 0 Å². The zero-order valence-corrected chi connectivity index (χ0v) is 22.5. The molecule has 9 atom stereocenters. The van der Waals surface area contributed by atoms with Crippen LogP contribution in [0.3, 0.4) is 0 Å². The molecule has 0 bridgehead atoms. The Labute approximate surface area is 202 Å². The summed E-state index contributed by atoms with van der Waals surface area (Å²) >= 11 is 0. The van der Waals surface area contributed by atoms with Crippen molar-refractivity contribution in [3.05, 3.63) is 0 Å². The third-order valence-corrected chi connectivity index (χ3v) is 13.6. The monoisotopic (exact) mass is 458 g/mol. The summed E-state index contributed by atoms with van der Waals surface area (Å²) in [4.78, 5) is 12.8. The Morgan fingerprint density at radius 1 is 0.697 bits per heavy atom. The van der Waals surface area contributed by atoms with Gasteiger partial charge in [0.15, 0.2) is 0 Å². The highest BCUT2D eigenvalue weighted by molar-refractivity contribution is 5.75. The number of carboxylic acids is 1. The van der Waals surface area contributed by atoms with Gasteiger partial charge < -0.3 is 10.2 Å². The average Bonchev–Trinajstić information content (AvgIpc) is 2.71. The predicted octanol–water partition coefficient (Wildman–Crippen LogP) is 7.31. The van der Waals surface area contributed by atoms with Crippen molar-refractivity contribution in [3.63, 3.8) is 0 Å². The molecule has 3 heteroatoms. The molecule has 5 rings (SSSR count). The number of rotatable bonds is 1. The predicted molar refractivity (Wildman–Crippen MR) is 133 cm³/mol. The Balaban J connectivity index is 1.54. The molecule has 0 aromatic rings. The number of fused-ring (bicyclic) bond motifs is 7. The number of aliphatic hydroxyl groups excluding tert-OH is 1. The molecule has 5 aliphatic carbocycles. The third-order valence-electron chi connectivity index (χ3n) is 13.6. The van der Waals surface area contributed by atoms with Gasteiger partial charge in [-0.2, -0.15) is 0 Å². The lowest BCUT2D eigenvalue weighted by Gasteiger charge is -2.73. The molecule has 0 saturated heterocycles. The smallest absolute Gasteiger partial charge is 0.309 e. The van der Waals surface area contributed by atoms with Crippen molar-refractivity contribution in [2.75, 3.05) is 0 Å². The zero-order chi connectivity index (χ0) is 24.2. The summed E-state index contributed by atoms with van der Waals surface area (Å²) in [6.45, 7) is 17.2. The van der Waals surface area contributed by atoms with E-state index in [4.69, 9.17) is 0 Å². The van der Waals surface area contributed by atoms with E-state index in [9.17, 15) is 15.0 Å². The summed E-state index contributed by atoms with van der Waals surface area (Å²) in [5.41, 5.74) is 0.544. The standard InChI is InChI=1S/C30H50O3/c1-25(2)14-16-30(24(32)33)17-15-28(6)19(20(30)18-25)8-9-22-27(5)12-11-23(31)26(3,4)21(27)10-13-29(22,28)7/h19-23,31H,8-18H2,1-7H3,(H,32,33)/t19-,20+,21+,22+,23+,27+,28-,29-,30+/m1/s1. The highest BCUT2D eigenvalue weighted by atomic mass is 16.4. The number of hydrogen-bond acceptors (Lipinski definition) is 2. The molecule has 2 N–H and O–H groups in total. The lowest BCUT2D eigenvalue weighted by atomic mass is 9.31. The maximum absolute atomic E-state index is 12.8. The van der Waals surface area contributed by atoms with Crippen LogP contribution in [0, 0.1) is 56.2 Å². The van der Waals surface area contributed by atoms with Gasteiger partial charge in [-0.25, -0.2) is 0 Å². The number of aliphatic hydroxyl groups is 1. The largest absolute Gasteiger partial charge is 0.481 e. The van der Waals surface area contributed by atoms with Gasteiger partial charge in [-0.15, -0.1) is 0 Å². The van der Waals surface area contributed by atoms with Gasteiger partial charge in [0.1, 0.15) is 0 Å². The minimum Gasteiger partial charge on any atom is -0.481 e. The van der Waals surface area contributed by atoms with Crippen LogP contribution in [-0.4, -0.2) is 22.3 Å². The Morgan fingerprint density at radius 2 is 1.36 bits per heavy atom. The molecule has 5 saturated carbocycles. The van der Waals surface area contributed by atoms with Crippen LogP contribution >= 0.6 is 0 Å². The van der Waals surface area contributed by atoms with Gasteiger partial charge in [-0.1, -0.05) is 48.5 Å². The summed E-state index contributed by atoms with van der Waals surface area (Å²) < 4.78 is 0. The van der Waals surface area contributed by atoms with E-state index in [1.807, 2.05) is 0 Å². The van der Waals surface area contributed by atoms with Crippen LogP contribution in [0.15, 0.2) is 0 Å². The molecule has 0 heterocycles. The highest BCUT2D eigenvalue weighted by Crippen LogP contribution is 2.77. The first-order chi connectivity index (χ1) is 15.1. The first-order valence-corrected chi connectivity index (χ1v) is 14.1. The molecule has 0 radical (unpaired) electrons. The first-order valence-electron chi connectivity index (χ1n) is 14.1. The van der Waals surface area contributed by atoms with Gasteiger partial charge in [-0.05, 0) is 121 Å². The van der Waals surface area contributed by atoms with Crippen molar-refractivity contribution < 1.29 is 15.0 Å². The Bertz CT molecular complexity index is 830. The molecular formula is C30H50O3. The Hall–Kier alpha value is -0.570. The normalized spacial score (nSPS) is 54.8. The van der Waals surface area contributed by atoms with E-state index >= 15 is 0 Å². The molecule has 0 spiro atoms. The summed E-state index contributed by atoms with van der Waals surface area (Å²) in [7, 11) is 0. The molecular weight excluding hydrogens is 408 g/mol. The van der Waals surface area contributed by atoms with Gasteiger partial charge in [0.05, 0.1) is 11.5 Å². The van der Waals surface area contributed by atoms with Crippen LogP contribution in [0.25, 0.3) is 0 Å². The maximum atomic E-state index is 12.8. The highest BCUT2D eigenvalue weighted by Gasteiger charge is 2.71. The second-order valence-electron chi connectivity index (χ2n) is 15.5. The quantitative estimate of drug-likeness (QED) is 0.433. The lowest BCUT2D eigenvalue weighted by Crippen LogP contribution is -2.67. The second kappa shape index (κ2) is 7.01. The van der Waals surface area contributed by atoms with Crippen molar-refractivity contribution in [1.82, 2.24) is 0 Å². The summed E-state index contributed by atoms with van der Waals surface area (Å²) in [6, 6.07) is 0. The van der Waals surface area contributed by atoms with Crippen molar-refractivity contribution >= 4 is 5.97 Å². The summed E-state index contributed by atoms with van der Waals surface area (Å²) in [6.07, 6.45) is 11.8. The van der Waals surface area contributed by atoms with E-state index in [0.717, 1.165) is 44.9 Å².